The molecular formula is C19H20N4O2S. The van der Waals surface area contributed by atoms with Crippen LogP contribution < -0.4 is 5.32 Å². The summed E-state index contributed by atoms with van der Waals surface area (Å²) in [6.07, 6.45) is 3.33. The van der Waals surface area contributed by atoms with Crippen molar-refractivity contribution in [3.63, 3.8) is 0 Å². The lowest BCUT2D eigenvalue weighted by Crippen LogP contribution is -2.23. The number of para-hydroxylation sites is 1. The third kappa shape index (κ3) is 4.29. The van der Waals surface area contributed by atoms with Gasteiger partial charge in [-0.3, -0.25) is 9.78 Å². The Bertz CT molecular complexity index is 880. The Morgan fingerprint density at radius 3 is 2.65 bits per heavy atom. The summed E-state index contributed by atoms with van der Waals surface area (Å²) in [5.74, 6) is 0.607. The molecule has 1 amide bonds. The standard InChI is InChI=1S/C19H20N4O2S/c1-12(2)15-8-4-5-9-16(15)21-17(24)13(3)26-19-23-22-18(25-19)14-7-6-10-20-11-14/h4-13H,1-3H3,(H,21,24)/t13-/m0/s1. The first-order chi connectivity index (χ1) is 12.5. The van der Waals surface area contributed by atoms with Crippen molar-refractivity contribution in [1.82, 2.24) is 15.2 Å². The van der Waals surface area contributed by atoms with E-state index in [2.05, 4.69) is 34.3 Å². The second kappa shape index (κ2) is 8.14. The second-order valence-electron chi connectivity index (χ2n) is 6.11. The van der Waals surface area contributed by atoms with E-state index >= 15 is 0 Å². The van der Waals surface area contributed by atoms with Crippen LogP contribution in [0.5, 0.6) is 0 Å². The van der Waals surface area contributed by atoms with Crippen molar-refractivity contribution in [2.45, 2.75) is 37.2 Å². The fraction of sp³-hybridized carbons (Fsp3) is 0.263. The molecule has 3 aromatic rings. The molecule has 0 saturated carbocycles. The number of carbonyl (C=O) groups excluding carboxylic acids is 1. The summed E-state index contributed by atoms with van der Waals surface area (Å²) < 4.78 is 5.62. The van der Waals surface area contributed by atoms with Crippen LogP contribution in [0.15, 0.2) is 58.4 Å². The van der Waals surface area contributed by atoms with Gasteiger partial charge in [0.1, 0.15) is 0 Å². The first kappa shape index (κ1) is 18.1. The van der Waals surface area contributed by atoms with Crippen LogP contribution in [0.2, 0.25) is 0 Å². The van der Waals surface area contributed by atoms with Crippen LogP contribution in [0.4, 0.5) is 5.69 Å². The van der Waals surface area contributed by atoms with E-state index in [-0.39, 0.29) is 11.2 Å². The highest BCUT2D eigenvalue weighted by Crippen LogP contribution is 2.28. The summed E-state index contributed by atoms with van der Waals surface area (Å²) in [4.78, 5) is 16.6. The van der Waals surface area contributed by atoms with Crippen molar-refractivity contribution in [1.29, 1.82) is 0 Å². The maximum atomic E-state index is 12.5. The Balaban J connectivity index is 1.66. The summed E-state index contributed by atoms with van der Waals surface area (Å²) >= 11 is 1.23. The first-order valence-electron chi connectivity index (χ1n) is 8.35. The van der Waals surface area contributed by atoms with Gasteiger partial charge >= 0.3 is 0 Å². The number of pyridine rings is 1. The zero-order chi connectivity index (χ0) is 18.5. The maximum Gasteiger partial charge on any atom is 0.277 e. The highest BCUT2D eigenvalue weighted by Gasteiger charge is 2.20. The van der Waals surface area contributed by atoms with E-state index in [1.807, 2.05) is 37.3 Å². The molecule has 0 aliphatic heterocycles. The minimum Gasteiger partial charge on any atom is -0.411 e. The van der Waals surface area contributed by atoms with Crippen LogP contribution >= 0.6 is 11.8 Å². The third-order valence-corrected chi connectivity index (χ3v) is 4.74. The molecule has 3 rings (SSSR count). The van der Waals surface area contributed by atoms with Gasteiger partial charge in [0.15, 0.2) is 0 Å². The van der Waals surface area contributed by atoms with Gasteiger partial charge in [0.2, 0.25) is 11.8 Å². The van der Waals surface area contributed by atoms with E-state index in [0.717, 1.165) is 16.8 Å². The molecule has 1 N–H and O–H groups in total. The Hall–Kier alpha value is -2.67. The van der Waals surface area contributed by atoms with Gasteiger partial charge in [-0.05, 0) is 36.6 Å². The number of nitrogens with one attached hydrogen (secondary N) is 1. The van der Waals surface area contributed by atoms with Crippen molar-refractivity contribution >= 4 is 23.4 Å². The molecule has 7 heteroatoms. The van der Waals surface area contributed by atoms with Gasteiger partial charge in [0, 0.05) is 18.1 Å². The molecule has 134 valence electrons. The number of hydrogen-bond donors (Lipinski definition) is 1. The van der Waals surface area contributed by atoms with E-state index in [1.165, 1.54) is 11.8 Å². The predicted octanol–water partition coefficient (Wildman–Crippen LogP) is 4.37. The maximum absolute atomic E-state index is 12.5. The van der Waals surface area contributed by atoms with Crippen LogP contribution in [0.3, 0.4) is 0 Å². The molecule has 1 atom stereocenters. The molecule has 26 heavy (non-hydrogen) atoms. The number of anilines is 1. The minimum absolute atomic E-state index is 0.107. The minimum atomic E-state index is -0.377. The summed E-state index contributed by atoms with van der Waals surface area (Å²) in [6, 6.07) is 11.5. The van der Waals surface area contributed by atoms with Crippen molar-refractivity contribution < 1.29 is 9.21 Å². The van der Waals surface area contributed by atoms with E-state index in [0.29, 0.717) is 17.0 Å². The van der Waals surface area contributed by atoms with E-state index in [4.69, 9.17) is 4.42 Å². The molecule has 0 unspecified atom stereocenters. The van der Waals surface area contributed by atoms with E-state index in [9.17, 15) is 4.79 Å². The van der Waals surface area contributed by atoms with Crippen molar-refractivity contribution in [3.8, 4) is 11.5 Å². The molecule has 2 heterocycles. The van der Waals surface area contributed by atoms with Gasteiger partial charge in [-0.15, -0.1) is 10.2 Å². The largest absolute Gasteiger partial charge is 0.411 e. The molecule has 0 radical (unpaired) electrons. The Morgan fingerprint density at radius 2 is 1.92 bits per heavy atom. The number of benzene rings is 1. The lowest BCUT2D eigenvalue weighted by atomic mass is 10.0. The van der Waals surface area contributed by atoms with Gasteiger partial charge in [-0.2, -0.15) is 0 Å². The van der Waals surface area contributed by atoms with Gasteiger partial charge in [0.25, 0.3) is 5.22 Å². The number of carbonyl (C=O) groups is 1. The number of aromatic nitrogens is 3. The number of rotatable bonds is 6. The van der Waals surface area contributed by atoms with Gasteiger partial charge < -0.3 is 9.73 Å². The molecule has 6 nitrogen and oxygen atoms in total. The summed E-state index contributed by atoms with van der Waals surface area (Å²) in [6.45, 7) is 6.01. The monoisotopic (exact) mass is 368 g/mol. The summed E-state index contributed by atoms with van der Waals surface area (Å²) in [5.41, 5.74) is 2.69. The lowest BCUT2D eigenvalue weighted by molar-refractivity contribution is -0.115. The molecule has 0 aliphatic carbocycles. The van der Waals surface area contributed by atoms with Crippen molar-refractivity contribution in [2.24, 2.45) is 0 Å². The number of nitrogens with zero attached hydrogens (tertiary/aromatic N) is 3. The van der Waals surface area contributed by atoms with Crippen LogP contribution in [-0.2, 0) is 4.79 Å². The Labute approximate surface area is 156 Å². The number of thioether (sulfide) groups is 1. The Morgan fingerprint density at radius 1 is 1.12 bits per heavy atom. The predicted molar refractivity (Wildman–Crippen MR) is 102 cm³/mol. The molecule has 0 aliphatic rings. The molecular weight excluding hydrogens is 348 g/mol. The fourth-order valence-electron chi connectivity index (χ4n) is 2.42. The SMILES string of the molecule is CC(C)c1ccccc1NC(=O)[C@H](C)Sc1nnc(-c2cccnc2)o1. The van der Waals surface area contributed by atoms with Gasteiger partial charge in [-0.1, -0.05) is 43.8 Å². The zero-order valence-electron chi connectivity index (χ0n) is 14.8. The van der Waals surface area contributed by atoms with Gasteiger partial charge in [-0.25, -0.2) is 0 Å². The molecule has 2 aromatic heterocycles. The average molecular weight is 368 g/mol. The average Bonchev–Trinajstić information content (AvgIpc) is 3.11. The second-order valence-corrected chi connectivity index (χ2v) is 7.40. The molecule has 0 fully saturated rings. The first-order valence-corrected chi connectivity index (χ1v) is 9.23. The summed E-state index contributed by atoms with van der Waals surface area (Å²) in [5, 5.41) is 11.0. The summed E-state index contributed by atoms with van der Waals surface area (Å²) in [7, 11) is 0. The lowest BCUT2D eigenvalue weighted by Gasteiger charge is -2.15. The fourth-order valence-corrected chi connectivity index (χ4v) is 3.10. The van der Waals surface area contributed by atoms with Crippen LogP contribution in [0, 0.1) is 0 Å². The van der Waals surface area contributed by atoms with Gasteiger partial charge in [0.05, 0.1) is 10.8 Å². The zero-order valence-corrected chi connectivity index (χ0v) is 15.7. The van der Waals surface area contributed by atoms with Crippen LogP contribution in [0.1, 0.15) is 32.3 Å². The van der Waals surface area contributed by atoms with E-state index in [1.54, 1.807) is 18.5 Å². The topological polar surface area (TPSA) is 80.9 Å². The van der Waals surface area contributed by atoms with E-state index < -0.39 is 0 Å². The third-order valence-electron chi connectivity index (χ3n) is 3.80. The highest BCUT2D eigenvalue weighted by molar-refractivity contribution is 8.00. The van der Waals surface area contributed by atoms with Crippen LogP contribution in [-0.4, -0.2) is 26.3 Å². The van der Waals surface area contributed by atoms with Crippen molar-refractivity contribution in [2.75, 3.05) is 5.32 Å². The Kier molecular flexibility index (Phi) is 5.68. The smallest absolute Gasteiger partial charge is 0.277 e. The van der Waals surface area contributed by atoms with Crippen LogP contribution in [0.25, 0.3) is 11.5 Å². The normalized spacial score (nSPS) is 12.2. The molecule has 0 bridgehead atoms. The number of amides is 1. The highest BCUT2D eigenvalue weighted by atomic mass is 32.2. The quantitative estimate of drug-likeness (QED) is 0.651. The molecule has 1 aromatic carbocycles. The molecule has 0 spiro atoms. The molecule has 0 saturated heterocycles. The van der Waals surface area contributed by atoms with Crippen molar-refractivity contribution in [3.05, 3.63) is 54.4 Å². The number of hydrogen-bond acceptors (Lipinski definition) is 6.